The normalized spacial score (nSPS) is 14.7. The van der Waals surface area contributed by atoms with E-state index in [1.165, 1.54) is 6.07 Å². The fraction of sp³-hybridized carbons (Fsp3) is 0.238. The zero-order valence-corrected chi connectivity index (χ0v) is 16.0. The summed E-state index contributed by atoms with van der Waals surface area (Å²) < 4.78 is 45.8. The van der Waals surface area contributed by atoms with Gasteiger partial charge in [0.15, 0.2) is 11.6 Å². The number of rotatable bonds is 2. The first-order chi connectivity index (χ1) is 13.8. The second-order valence-corrected chi connectivity index (χ2v) is 7.75. The van der Waals surface area contributed by atoms with Crippen molar-refractivity contribution in [3.63, 3.8) is 0 Å². The minimum absolute atomic E-state index is 0.107. The SMILES string of the molecule is Cc1nnc2n1-c1c(cc(C(F)F)c(-c3cccc4[nH]ccc34)c1F)NC2(C)C. The lowest BCUT2D eigenvalue weighted by Gasteiger charge is -2.35. The molecule has 2 N–H and O–H groups in total. The van der Waals surface area contributed by atoms with Gasteiger partial charge in [0, 0.05) is 28.2 Å². The van der Waals surface area contributed by atoms with Crippen LogP contribution in [0, 0.1) is 12.7 Å². The van der Waals surface area contributed by atoms with Crippen LogP contribution in [0.15, 0.2) is 36.5 Å². The number of hydrogen-bond acceptors (Lipinski definition) is 3. The minimum atomic E-state index is -2.84. The van der Waals surface area contributed by atoms with E-state index in [0.717, 1.165) is 5.52 Å². The summed E-state index contributed by atoms with van der Waals surface area (Å²) in [7, 11) is 0. The van der Waals surface area contributed by atoms with E-state index < -0.39 is 17.8 Å². The van der Waals surface area contributed by atoms with Gasteiger partial charge in [-0.25, -0.2) is 13.2 Å². The molecule has 8 heteroatoms. The average Bonchev–Trinajstić information content (AvgIpc) is 3.28. The van der Waals surface area contributed by atoms with Crippen LogP contribution in [0.25, 0.3) is 27.7 Å². The Morgan fingerprint density at radius 3 is 2.69 bits per heavy atom. The number of benzene rings is 2. The summed E-state index contributed by atoms with van der Waals surface area (Å²) in [5.74, 6) is 0.293. The highest BCUT2D eigenvalue weighted by atomic mass is 19.3. The molecule has 1 aliphatic rings. The number of alkyl halides is 2. The van der Waals surface area contributed by atoms with Gasteiger partial charge in [-0.2, -0.15) is 0 Å². The summed E-state index contributed by atoms with van der Waals surface area (Å²) in [4.78, 5) is 3.04. The van der Waals surface area contributed by atoms with Crippen molar-refractivity contribution < 1.29 is 13.2 Å². The van der Waals surface area contributed by atoms with Gasteiger partial charge in [-0.05, 0) is 44.5 Å². The molecule has 2 aromatic carbocycles. The molecule has 0 unspecified atom stereocenters. The van der Waals surface area contributed by atoms with Crippen LogP contribution in [0.2, 0.25) is 0 Å². The van der Waals surface area contributed by atoms with E-state index in [9.17, 15) is 8.78 Å². The Morgan fingerprint density at radius 2 is 1.93 bits per heavy atom. The Hall–Kier alpha value is -3.29. The van der Waals surface area contributed by atoms with Crippen LogP contribution in [-0.4, -0.2) is 19.7 Å². The fourth-order valence-electron chi connectivity index (χ4n) is 4.15. The number of aromatic amines is 1. The van der Waals surface area contributed by atoms with E-state index in [0.29, 0.717) is 28.3 Å². The molecule has 1 aliphatic heterocycles. The zero-order valence-electron chi connectivity index (χ0n) is 16.0. The van der Waals surface area contributed by atoms with Gasteiger partial charge in [0.2, 0.25) is 0 Å². The highest BCUT2D eigenvalue weighted by molar-refractivity contribution is 5.97. The van der Waals surface area contributed by atoms with Crippen molar-refractivity contribution in [2.24, 2.45) is 0 Å². The highest BCUT2D eigenvalue weighted by Crippen LogP contribution is 2.46. The van der Waals surface area contributed by atoms with Crippen LogP contribution in [-0.2, 0) is 5.54 Å². The lowest BCUT2D eigenvalue weighted by molar-refractivity contribution is 0.151. The minimum Gasteiger partial charge on any atom is -0.371 e. The van der Waals surface area contributed by atoms with Gasteiger partial charge in [0.25, 0.3) is 6.43 Å². The van der Waals surface area contributed by atoms with Crippen molar-refractivity contribution in [2.75, 3.05) is 5.32 Å². The van der Waals surface area contributed by atoms with Crippen molar-refractivity contribution in [1.82, 2.24) is 19.7 Å². The van der Waals surface area contributed by atoms with Crippen molar-refractivity contribution in [3.05, 3.63) is 59.6 Å². The summed E-state index contributed by atoms with van der Waals surface area (Å²) in [6, 6.07) is 8.30. The van der Waals surface area contributed by atoms with E-state index in [4.69, 9.17) is 0 Å². The monoisotopic (exact) mass is 397 g/mol. The number of aryl methyl sites for hydroxylation is 1. The fourth-order valence-corrected chi connectivity index (χ4v) is 4.15. The first-order valence-corrected chi connectivity index (χ1v) is 9.21. The summed E-state index contributed by atoms with van der Waals surface area (Å²) in [6.45, 7) is 5.42. The third kappa shape index (κ3) is 2.41. The lowest BCUT2D eigenvalue weighted by atomic mass is 9.92. The van der Waals surface area contributed by atoms with Gasteiger partial charge in [0.05, 0.1) is 11.2 Å². The number of hydrogen-bond donors (Lipinski definition) is 2. The first kappa shape index (κ1) is 17.8. The molecule has 0 aliphatic carbocycles. The predicted octanol–water partition coefficient (Wildman–Crippen LogP) is 5.46. The van der Waals surface area contributed by atoms with Gasteiger partial charge < -0.3 is 10.3 Å². The molecule has 0 fully saturated rings. The maximum absolute atomic E-state index is 16.0. The highest BCUT2D eigenvalue weighted by Gasteiger charge is 2.38. The summed E-state index contributed by atoms with van der Waals surface area (Å²) >= 11 is 0. The first-order valence-electron chi connectivity index (χ1n) is 9.21. The number of H-pyrrole nitrogens is 1. The molecule has 0 amide bonds. The van der Waals surface area contributed by atoms with Gasteiger partial charge in [-0.15, -0.1) is 10.2 Å². The van der Waals surface area contributed by atoms with Crippen molar-refractivity contribution in [3.8, 4) is 16.8 Å². The Morgan fingerprint density at radius 1 is 1.14 bits per heavy atom. The van der Waals surface area contributed by atoms with Crippen LogP contribution in [0.3, 0.4) is 0 Å². The van der Waals surface area contributed by atoms with E-state index in [-0.39, 0.29) is 16.8 Å². The second kappa shape index (κ2) is 5.85. The van der Waals surface area contributed by atoms with E-state index in [1.54, 1.807) is 35.9 Å². The van der Waals surface area contributed by atoms with Gasteiger partial charge in [-0.3, -0.25) is 4.57 Å². The van der Waals surface area contributed by atoms with Crippen LogP contribution in [0.5, 0.6) is 0 Å². The van der Waals surface area contributed by atoms with Crippen molar-refractivity contribution in [2.45, 2.75) is 32.7 Å². The molecule has 4 aromatic rings. The number of anilines is 1. The Bertz CT molecular complexity index is 1270. The van der Waals surface area contributed by atoms with Gasteiger partial charge in [0.1, 0.15) is 11.5 Å². The van der Waals surface area contributed by atoms with E-state index >= 15 is 4.39 Å². The zero-order chi connectivity index (χ0) is 20.5. The number of fused-ring (bicyclic) bond motifs is 4. The number of nitrogens with one attached hydrogen (secondary N) is 2. The third-order valence-corrected chi connectivity index (χ3v) is 5.43. The number of aromatic nitrogens is 4. The molecule has 5 rings (SSSR count). The molecule has 2 aromatic heterocycles. The maximum Gasteiger partial charge on any atom is 0.264 e. The summed E-state index contributed by atoms with van der Waals surface area (Å²) in [5, 5.41) is 12.1. The molecule has 3 heterocycles. The predicted molar refractivity (Wildman–Crippen MR) is 105 cm³/mol. The molecule has 0 bridgehead atoms. The lowest BCUT2D eigenvalue weighted by Crippen LogP contribution is -2.36. The molecule has 0 saturated heterocycles. The van der Waals surface area contributed by atoms with Crippen LogP contribution in [0.1, 0.15) is 37.5 Å². The topological polar surface area (TPSA) is 58.5 Å². The smallest absolute Gasteiger partial charge is 0.264 e. The molecular weight excluding hydrogens is 379 g/mol. The Balaban J connectivity index is 1.90. The molecular formula is C21H18F3N5. The molecule has 29 heavy (non-hydrogen) atoms. The quantitative estimate of drug-likeness (QED) is 0.472. The van der Waals surface area contributed by atoms with Crippen molar-refractivity contribution >= 4 is 16.6 Å². The van der Waals surface area contributed by atoms with E-state index in [2.05, 4.69) is 20.5 Å². The van der Waals surface area contributed by atoms with Crippen LogP contribution >= 0.6 is 0 Å². The standard InChI is InChI=1S/C21H18F3N5/c1-10-27-28-20-21(2,3)26-15-9-13(19(23)24)16(17(22)18(15)29(10)20)12-5-4-6-14-11(12)7-8-25-14/h4-9,19,25-26H,1-3H3. The number of halogens is 3. The molecule has 0 radical (unpaired) electrons. The van der Waals surface area contributed by atoms with Crippen LogP contribution in [0.4, 0.5) is 18.9 Å². The Kier molecular flexibility index (Phi) is 3.59. The molecule has 148 valence electrons. The van der Waals surface area contributed by atoms with Crippen LogP contribution < -0.4 is 5.32 Å². The largest absolute Gasteiger partial charge is 0.371 e. The average molecular weight is 397 g/mol. The number of nitrogens with zero attached hydrogens (tertiary/aromatic N) is 3. The van der Waals surface area contributed by atoms with Gasteiger partial charge in [-0.1, -0.05) is 12.1 Å². The van der Waals surface area contributed by atoms with Gasteiger partial charge >= 0.3 is 0 Å². The van der Waals surface area contributed by atoms with E-state index in [1.807, 2.05) is 19.9 Å². The summed E-state index contributed by atoms with van der Waals surface area (Å²) in [5.41, 5.74) is 0.466. The Labute approximate surface area is 164 Å². The van der Waals surface area contributed by atoms with Crippen molar-refractivity contribution in [1.29, 1.82) is 0 Å². The maximum atomic E-state index is 16.0. The molecule has 5 nitrogen and oxygen atoms in total. The summed E-state index contributed by atoms with van der Waals surface area (Å²) in [6.07, 6.45) is -1.13. The molecule has 0 saturated carbocycles. The molecule has 0 atom stereocenters. The second-order valence-electron chi connectivity index (χ2n) is 7.75. The molecule has 0 spiro atoms. The third-order valence-electron chi connectivity index (χ3n) is 5.43.